The molecule has 0 aromatic heterocycles. The molecule has 3 heteroatoms. The van der Waals surface area contributed by atoms with Crippen molar-refractivity contribution in [1.29, 1.82) is 0 Å². The van der Waals surface area contributed by atoms with Gasteiger partial charge in [0.25, 0.3) is 0 Å². The first-order valence-electron chi connectivity index (χ1n) is 3.36. The van der Waals surface area contributed by atoms with Crippen LogP contribution in [0.15, 0.2) is 22.4 Å². The summed E-state index contributed by atoms with van der Waals surface area (Å²) in [5.41, 5.74) is -1.31. The van der Waals surface area contributed by atoms with Crippen LogP contribution >= 0.6 is 15.9 Å². The van der Waals surface area contributed by atoms with E-state index in [1.165, 1.54) is 6.92 Å². The third kappa shape index (κ3) is 1.83. The van der Waals surface area contributed by atoms with Gasteiger partial charge in [0.05, 0.1) is 12.9 Å². The van der Waals surface area contributed by atoms with Crippen LogP contribution in [0.1, 0.15) is 13.3 Å². The minimum absolute atomic E-state index is 0.306. The molecule has 11 heavy (non-hydrogen) atoms. The molecule has 0 saturated heterocycles. The normalized spacial score (nSPS) is 30.9. The van der Waals surface area contributed by atoms with Crippen molar-refractivity contribution in [2.24, 2.45) is 0 Å². The van der Waals surface area contributed by atoms with Crippen molar-refractivity contribution in [3.05, 3.63) is 22.4 Å². The van der Waals surface area contributed by atoms with Gasteiger partial charge in [-0.15, -0.1) is 0 Å². The fourth-order valence-corrected chi connectivity index (χ4v) is 1.22. The highest BCUT2D eigenvalue weighted by Crippen LogP contribution is 2.36. The van der Waals surface area contributed by atoms with Crippen LogP contribution in [0.4, 0.5) is 4.39 Å². The lowest BCUT2D eigenvalue weighted by molar-refractivity contribution is 0.189. The quantitative estimate of drug-likeness (QED) is 0.661. The average Bonchev–Trinajstić information content (AvgIpc) is 1.95. The van der Waals surface area contributed by atoms with Crippen LogP contribution in [0.5, 0.6) is 0 Å². The van der Waals surface area contributed by atoms with E-state index in [1.807, 2.05) is 0 Å². The van der Waals surface area contributed by atoms with Crippen LogP contribution in [0, 0.1) is 0 Å². The van der Waals surface area contributed by atoms with Gasteiger partial charge in [-0.2, -0.15) is 0 Å². The monoisotopic (exact) mass is 220 g/mol. The van der Waals surface area contributed by atoms with E-state index in [1.54, 1.807) is 19.3 Å². The summed E-state index contributed by atoms with van der Waals surface area (Å²) in [6.07, 6.45) is 3.76. The van der Waals surface area contributed by atoms with Gasteiger partial charge in [0.2, 0.25) is 0 Å². The zero-order chi connectivity index (χ0) is 8.48. The minimum Gasteiger partial charge on any atom is -0.501 e. The fourth-order valence-electron chi connectivity index (χ4n) is 0.951. The molecule has 1 aliphatic rings. The first kappa shape index (κ1) is 8.78. The summed E-state index contributed by atoms with van der Waals surface area (Å²) in [5, 5.41) is 0. The lowest BCUT2D eigenvalue weighted by atomic mass is 9.98. The molecule has 1 atom stereocenters. The average molecular weight is 221 g/mol. The smallest absolute Gasteiger partial charge is 0.146 e. The van der Waals surface area contributed by atoms with E-state index < -0.39 is 5.67 Å². The molecular weight excluding hydrogens is 211 g/mol. The van der Waals surface area contributed by atoms with Crippen molar-refractivity contribution >= 4 is 15.9 Å². The number of alkyl halides is 1. The number of halogens is 2. The molecule has 0 saturated carbocycles. The molecule has 1 unspecified atom stereocenters. The lowest BCUT2D eigenvalue weighted by Gasteiger charge is -2.23. The summed E-state index contributed by atoms with van der Waals surface area (Å²) < 4.78 is 19.0. The molecule has 1 nitrogen and oxygen atoms in total. The van der Waals surface area contributed by atoms with E-state index in [2.05, 4.69) is 15.9 Å². The van der Waals surface area contributed by atoms with Crippen LogP contribution in [0.25, 0.3) is 0 Å². The number of rotatable bonds is 1. The Morgan fingerprint density at radius 1 is 1.64 bits per heavy atom. The predicted octanol–water partition coefficient (Wildman–Crippen LogP) is 2.93. The number of allylic oxidation sites excluding steroid dienone is 4. The van der Waals surface area contributed by atoms with Gasteiger partial charge in [0.15, 0.2) is 0 Å². The zero-order valence-electron chi connectivity index (χ0n) is 6.53. The lowest BCUT2D eigenvalue weighted by Crippen LogP contribution is -2.21. The van der Waals surface area contributed by atoms with Crippen LogP contribution in [-0.4, -0.2) is 12.8 Å². The van der Waals surface area contributed by atoms with Gasteiger partial charge in [0, 0.05) is 10.9 Å². The van der Waals surface area contributed by atoms with Crippen molar-refractivity contribution in [3.63, 3.8) is 0 Å². The standard InChI is InChI=1S/C8H10BrFO/c1-8(10)5-6(11-2)3-4-7(8)9/h3-4H,5H2,1-2H3. The summed E-state index contributed by atoms with van der Waals surface area (Å²) in [6, 6.07) is 0. The number of hydrogen-bond acceptors (Lipinski definition) is 1. The number of hydrogen-bond donors (Lipinski definition) is 0. The first-order chi connectivity index (χ1) is 5.06. The Morgan fingerprint density at radius 2 is 2.27 bits per heavy atom. The SMILES string of the molecule is COC1=CC=C(Br)C(C)(F)C1. The van der Waals surface area contributed by atoms with Gasteiger partial charge in [-0.05, 0) is 19.1 Å². The van der Waals surface area contributed by atoms with Gasteiger partial charge < -0.3 is 4.74 Å². The molecule has 0 amide bonds. The fraction of sp³-hybridized carbons (Fsp3) is 0.500. The van der Waals surface area contributed by atoms with Gasteiger partial charge in [0.1, 0.15) is 5.67 Å². The van der Waals surface area contributed by atoms with Crippen molar-refractivity contribution in [2.45, 2.75) is 19.0 Å². The Kier molecular flexibility index (Phi) is 2.37. The van der Waals surface area contributed by atoms with E-state index in [4.69, 9.17) is 4.74 Å². The highest BCUT2D eigenvalue weighted by Gasteiger charge is 2.30. The van der Waals surface area contributed by atoms with Crippen molar-refractivity contribution in [2.75, 3.05) is 7.11 Å². The maximum absolute atomic E-state index is 13.5. The van der Waals surface area contributed by atoms with E-state index >= 15 is 0 Å². The molecule has 0 heterocycles. The minimum atomic E-state index is -1.31. The first-order valence-corrected chi connectivity index (χ1v) is 4.15. The molecule has 0 aromatic rings. The van der Waals surface area contributed by atoms with E-state index in [0.717, 1.165) is 0 Å². The van der Waals surface area contributed by atoms with Crippen LogP contribution < -0.4 is 0 Å². The summed E-state index contributed by atoms with van der Waals surface area (Å²) in [7, 11) is 1.55. The maximum atomic E-state index is 13.5. The highest BCUT2D eigenvalue weighted by atomic mass is 79.9. The van der Waals surface area contributed by atoms with Crippen LogP contribution in [0.2, 0.25) is 0 Å². The Morgan fingerprint density at radius 3 is 2.73 bits per heavy atom. The second-order valence-corrected chi connectivity index (χ2v) is 3.58. The molecule has 0 radical (unpaired) electrons. The van der Waals surface area contributed by atoms with Crippen molar-refractivity contribution in [1.82, 2.24) is 0 Å². The molecular formula is C8H10BrFO. The predicted molar refractivity (Wildman–Crippen MR) is 46.2 cm³/mol. The molecule has 0 spiro atoms. The van der Waals surface area contributed by atoms with E-state index in [-0.39, 0.29) is 0 Å². The summed E-state index contributed by atoms with van der Waals surface area (Å²) in [4.78, 5) is 0. The Labute approximate surface area is 74.1 Å². The molecule has 0 fully saturated rings. The van der Waals surface area contributed by atoms with Gasteiger partial charge in [-0.25, -0.2) is 4.39 Å². The Bertz CT molecular complexity index is 218. The Hall–Kier alpha value is -0.310. The zero-order valence-corrected chi connectivity index (χ0v) is 8.11. The molecule has 1 aliphatic carbocycles. The molecule has 0 aliphatic heterocycles. The molecule has 1 rings (SSSR count). The van der Waals surface area contributed by atoms with E-state index in [9.17, 15) is 4.39 Å². The topological polar surface area (TPSA) is 9.23 Å². The maximum Gasteiger partial charge on any atom is 0.146 e. The summed E-state index contributed by atoms with van der Waals surface area (Å²) in [6.45, 7) is 1.53. The van der Waals surface area contributed by atoms with Crippen molar-refractivity contribution < 1.29 is 9.13 Å². The third-order valence-corrected chi connectivity index (χ3v) is 2.77. The van der Waals surface area contributed by atoms with Crippen molar-refractivity contribution in [3.8, 4) is 0 Å². The number of ether oxygens (including phenoxy) is 1. The van der Waals surface area contributed by atoms with Crippen LogP contribution in [-0.2, 0) is 4.74 Å². The second kappa shape index (κ2) is 2.97. The van der Waals surface area contributed by atoms with E-state index in [0.29, 0.717) is 16.7 Å². The number of methoxy groups -OCH3 is 1. The van der Waals surface area contributed by atoms with Crippen LogP contribution in [0.3, 0.4) is 0 Å². The highest BCUT2D eigenvalue weighted by molar-refractivity contribution is 9.11. The van der Waals surface area contributed by atoms with Gasteiger partial charge >= 0.3 is 0 Å². The third-order valence-electron chi connectivity index (χ3n) is 1.68. The summed E-state index contributed by atoms with van der Waals surface area (Å²) in [5.74, 6) is 0.679. The molecule has 0 aromatic carbocycles. The summed E-state index contributed by atoms with van der Waals surface area (Å²) >= 11 is 3.15. The molecule has 0 bridgehead atoms. The largest absolute Gasteiger partial charge is 0.501 e. The second-order valence-electron chi connectivity index (χ2n) is 2.73. The van der Waals surface area contributed by atoms with Gasteiger partial charge in [-0.1, -0.05) is 15.9 Å². The molecule has 62 valence electrons. The van der Waals surface area contributed by atoms with Gasteiger partial charge in [-0.3, -0.25) is 0 Å². The molecule has 0 N–H and O–H groups in total. The Balaban J connectivity index is 2.84.